The Labute approximate surface area is 144 Å². The van der Waals surface area contributed by atoms with Crippen LogP contribution >= 0.6 is 0 Å². The van der Waals surface area contributed by atoms with E-state index in [-0.39, 0.29) is 0 Å². The molecule has 3 rings (SSSR count). The summed E-state index contributed by atoms with van der Waals surface area (Å²) in [6.07, 6.45) is 1.54. The molecule has 3 aromatic rings. The molecule has 1 atom stereocenters. The van der Waals surface area contributed by atoms with E-state index in [2.05, 4.69) is 20.6 Å². The fourth-order valence-electron chi connectivity index (χ4n) is 2.42. The molecule has 0 saturated heterocycles. The minimum absolute atomic E-state index is 0.326. The standard InChI is InChI=1S/C18H18N4O3/c23-10-16(18(25)19-9-12-4-2-1-3-5-12)22-17(24)13-6-7-14-15(8-13)21-11-20-14/h1-8,11,16,23H,9-10H2,(H,19,25)(H,20,21)(H,22,24). The number of carbonyl (C=O) groups is 2. The molecule has 0 bridgehead atoms. The van der Waals surface area contributed by atoms with Crippen molar-refractivity contribution in [3.8, 4) is 0 Å². The summed E-state index contributed by atoms with van der Waals surface area (Å²) in [7, 11) is 0. The number of aromatic amines is 1. The van der Waals surface area contributed by atoms with E-state index >= 15 is 0 Å². The molecule has 0 fully saturated rings. The predicted octanol–water partition coefficient (Wildman–Crippen LogP) is 0.970. The predicted molar refractivity (Wildman–Crippen MR) is 92.7 cm³/mol. The molecule has 128 valence electrons. The van der Waals surface area contributed by atoms with Crippen molar-refractivity contribution in [2.75, 3.05) is 6.61 Å². The number of aromatic nitrogens is 2. The number of H-pyrrole nitrogens is 1. The van der Waals surface area contributed by atoms with Crippen LogP contribution in [0.25, 0.3) is 11.0 Å². The second-order valence-corrected chi connectivity index (χ2v) is 5.55. The van der Waals surface area contributed by atoms with Gasteiger partial charge < -0.3 is 20.7 Å². The van der Waals surface area contributed by atoms with E-state index in [0.717, 1.165) is 16.6 Å². The van der Waals surface area contributed by atoms with Gasteiger partial charge in [0.15, 0.2) is 0 Å². The number of rotatable bonds is 6. The Kier molecular flexibility index (Phi) is 5.06. The highest BCUT2D eigenvalue weighted by atomic mass is 16.3. The minimum atomic E-state index is -1.02. The second kappa shape index (κ2) is 7.59. The number of benzene rings is 2. The third-order valence-electron chi connectivity index (χ3n) is 3.80. The van der Waals surface area contributed by atoms with E-state index in [1.54, 1.807) is 24.5 Å². The van der Waals surface area contributed by atoms with E-state index in [1.165, 1.54) is 0 Å². The van der Waals surface area contributed by atoms with Gasteiger partial charge in [0, 0.05) is 12.1 Å². The lowest BCUT2D eigenvalue weighted by Gasteiger charge is -2.16. The van der Waals surface area contributed by atoms with Crippen molar-refractivity contribution >= 4 is 22.8 Å². The van der Waals surface area contributed by atoms with Crippen molar-refractivity contribution in [3.05, 3.63) is 66.0 Å². The Bertz CT molecular complexity index is 876. The number of aliphatic hydroxyl groups is 1. The van der Waals surface area contributed by atoms with Gasteiger partial charge in [-0.05, 0) is 23.8 Å². The van der Waals surface area contributed by atoms with Gasteiger partial charge in [0.1, 0.15) is 6.04 Å². The maximum atomic E-state index is 12.3. The molecule has 2 amide bonds. The van der Waals surface area contributed by atoms with Crippen LogP contribution in [0.5, 0.6) is 0 Å². The number of imidazole rings is 1. The molecule has 0 radical (unpaired) electrons. The van der Waals surface area contributed by atoms with Crippen LogP contribution in [0.15, 0.2) is 54.9 Å². The number of hydrogen-bond donors (Lipinski definition) is 4. The summed E-state index contributed by atoms with van der Waals surface area (Å²) in [4.78, 5) is 31.5. The SMILES string of the molecule is O=C(NC(CO)C(=O)NCc1ccccc1)c1ccc2nc[nH]c2c1. The molecule has 2 aromatic carbocycles. The third-order valence-corrected chi connectivity index (χ3v) is 3.80. The van der Waals surface area contributed by atoms with Crippen LogP contribution in [0.2, 0.25) is 0 Å². The molecular formula is C18H18N4O3. The minimum Gasteiger partial charge on any atom is -0.394 e. The lowest BCUT2D eigenvalue weighted by molar-refractivity contribution is -0.124. The molecule has 1 unspecified atom stereocenters. The highest BCUT2D eigenvalue weighted by Gasteiger charge is 2.20. The summed E-state index contributed by atoms with van der Waals surface area (Å²) in [6.45, 7) is -0.162. The Morgan fingerprint density at radius 1 is 1.16 bits per heavy atom. The Hall–Kier alpha value is -3.19. The van der Waals surface area contributed by atoms with Crippen LogP contribution in [0.1, 0.15) is 15.9 Å². The summed E-state index contributed by atoms with van der Waals surface area (Å²) in [6, 6.07) is 13.4. The average molecular weight is 338 g/mol. The lowest BCUT2D eigenvalue weighted by atomic mass is 10.1. The molecule has 4 N–H and O–H groups in total. The fraction of sp³-hybridized carbons (Fsp3) is 0.167. The monoisotopic (exact) mass is 338 g/mol. The van der Waals surface area contributed by atoms with Gasteiger partial charge in [0.25, 0.3) is 5.91 Å². The Balaban J connectivity index is 1.62. The molecule has 25 heavy (non-hydrogen) atoms. The first-order valence-electron chi connectivity index (χ1n) is 7.84. The molecule has 1 aromatic heterocycles. The lowest BCUT2D eigenvalue weighted by Crippen LogP contribution is -2.48. The van der Waals surface area contributed by atoms with Gasteiger partial charge >= 0.3 is 0 Å². The number of nitrogens with zero attached hydrogens (tertiary/aromatic N) is 1. The van der Waals surface area contributed by atoms with E-state index in [0.29, 0.717) is 12.1 Å². The van der Waals surface area contributed by atoms with Gasteiger partial charge in [-0.3, -0.25) is 9.59 Å². The first-order valence-corrected chi connectivity index (χ1v) is 7.84. The molecule has 7 nitrogen and oxygen atoms in total. The van der Waals surface area contributed by atoms with Crippen LogP contribution in [0.3, 0.4) is 0 Å². The molecule has 0 aliphatic rings. The van der Waals surface area contributed by atoms with Crippen LogP contribution < -0.4 is 10.6 Å². The van der Waals surface area contributed by atoms with Crippen LogP contribution in [-0.4, -0.2) is 39.5 Å². The summed E-state index contributed by atoms with van der Waals surface area (Å²) < 4.78 is 0. The van der Waals surface area contributed by atoms with Crippen molar-refractivity contribution in [3.63, 3.8) is 0 Å². The van der Waals surface area contributed by atoms with Crippen LogP contribution in [-0.2, 0) is 11.3 Å². The number of carbonyl (C=O) groups excluding carboxylic acids is 2. The van der Waals surface area contributed by atoms with E-state index in [9.17, 15) is 14.7 Å². The van der Waals surface area contributed by atoms with Crippen LogP contribution in [0.4, 0.5) is 0 Å². The van der Waals surface area contributed by atoms with Crippen molar-refractivity contribution in [1.29, 1.82) is 0 Å². The normalized spacial score (nSPS) is 11.9. The Morgan fingerprint density at radius 2 is 1.96 bits per heavy atom. The van der Waals surface area contributed by atoms with E-state index < -0.39 is 24.5 Å². The van der Waals surface area contributed by atoms with Gasteiger partial charge in [-0.25, -0.2) is 4.98 Å². The number of nitrogens with one attached hydrogen (secondary N) is 3. The Morgan fingerprint density at radius 3 is 2.72 bits per heavy atom. The third kappa shape index (κ3) is 4.02. The first kappa shape index (κ1) is 16.7. The molecule has 7 heteroatoms. The van der Waals surface area contributed by atoms with Crippen molar-refractivity contribution in [2.24, 2.45) is 0 Å². The number of aliphatic hydroxyl groups excluding tert-OH is 1. The second-order valence-electron chi connectivity index (χ2n) is 5.55. The van der Waals surface area contributed by atoms with Gasteiger partial charge in [0.2, 0.25) is 5.91 Å². The molecular weight excluding hydrogens is 320 g/mol. The zero-order valence-corrected chi connectivity index (χ0v) is 13.4. The smallest absolute Gasteiger partial charge is 0.252 e. The topological polar surface area (TPSA) is 107 Å². The summed E-state index contributed by atoms with van der Waals surface area (Å²) in [5, 5.41) is 14.7. The fourth-order valence-corrected chi connectivity index (χ4v) is 2.42. The maximum absolute atomic E-state index is 12.3. The van der Waals surface area contributed by atoms with Gasteiger partial charge in [0.05, 0.1) is 24.0 Å². The molecule has 0 saturated carbocycles. The van der Waals surface area contributed by atoms with Crippen molar-refractivity contribution in [2.45, 2.75) is 12.6 Å². The first-order chi connectivity index (χ1) is 12.2. The van der Waals surface area contributed by atoms with Gasteiger partial charge in [-0.2, -0.15) is 0 Å². The zero-order chi connectivity index (χ0) is 17.6. The number of hydrogen-bond acceptors (Lipinski definition) is 4. The molecule has 0 spiro atoms. The van der Waals surface area contributed by atoms with Gasteiger partial charge in [-0.15, -0.1) is 0 Å². The highest BCUT2D eigenvalue weighted by molar-refractivity contribution is 5.99. The molecule has 0 aliphatic carbocycles. The molecule has 1 heterocycles. The number of fused-ring (bicyclic) bond motifs is 1. The van der Waals surface area contributed by atoms with Crippen molar-refractivity contribution in [1.82, 2.24) is 20.6 Å². The summed E-state index contributed by atoms with van der Waals surface area (Å²) >= 11 is 0. The van der Waals surface area contributed by atoms with Crippen molar-refractivity contribution < 1.29 is 14.7 Å². The van der Waals surface area contributed by atoms with E-state index in [1.807, 2.05) is 30.3 Å². The highest BCUT2D eigenvalue weighted by Crippen LogP contribution is 2.11. The molecule has 0 aliphatic heterocycles. The largest absolute Gasteiger partial charge is 0.394 e. The maximum Gasteiger partial charge on any atom is 0.252 e. The van der Waals surface area contributed by atoms with Crippen LogP contribution in [0, 0.1) is 0 Å². The zero-order valence-electron chi connectivity index (χ0n) is 13.4. The number of amides is 2. The summed E-state index contributed by atoms with van der Waals surface area (Å²) in [5.41, 5.74) is 2.78. The van der Waals surface area contributed by atoms with Gasteiger partial charge in [-0.1, -0.05) is 30.3 Å². The van der Waals surface area contributed by atoms with E-state index in [4.69, 9.17) is 0 Å². The quantitative estimate of drug-likeness (QED) is 0.537. The summed E-state index contributed by atoms with van der Waals surface area (Å²) in [5.74, 6) is -0.882. The average Bonchev–Trinajstić information content (AvgIpc) is 3.12.